The Kier molecular flexibility index (Phi) is 7.67. The molecule has 0 spiro atoms. The molecular formula is C22H26N4O6S. The maximum absolute atomic E-state index is 12.8. The number of sulfone groups is 1. The maximum Gasteiger partial charge on any atom is 0.257 e. The van der Waals surface area contributed by atoms with Crippen LogP contribution in [0.1, 0.15) is 24.2 Å². The van der Waals surface area contributed by atoms with Crippen LogP contribution in [0.15, 0.2) is 53.6 Å². The first-order valence-electron chi connectivity index (χ1n) is 10.2. The van der Waals surface area contributed by atoms with Crippen molar-refractivity contribution in [3.8, 4) is 17.5 Å². The van der Waals surface area contributed by atoms with E-state index in [-0.39, 0.29) is 34.1 Å². The number of amides is 1. The lowest BCUT2D eigenvalue weighted by Crippen LogP contribution is -2.19. The SMILES string of the molecule is CCS(=O)(=O)c1ccc(Oc2cc(C(=O)Nc3ccn(C)n3)cc(O[C@H](C)COC)n2)cc1. The number of benzene rings is 1. The molecule has 0 aliphatic heterocycles. The van der Waals surface area contributed by atoms with Gasteiger partial charge in [0.2, 0.25) is 11.8 Å². The van der Waals surface area contributed by atoms with E-state index in [1.165, 1.54) is 36.4 Å². The van der Waals surface area contributed by atoms with E-state index < -0.39 is 15.7 Å². The van der Waals surface area contributed by atoms with Gasteiger partial charge in [-0.1, -0.05) is 6.92 Å². The highest BCUT2D eigenvalue weighted by Crippen LogP contribution is 2.26. The largest absolute Gasteiger partial charge is 0.472 e. The van der Waals surface area contributed by atoms with E-state index >= 15 is 0 Å². The van der Waals surface area contributed by atoms with Crippen molar-refractivity contribution < 1.29 is 27.4 Å². The molecule has 0 saturated heterocycles. The first kappa shape index (κ1) is 24.2. The second-order valence-electron chi connectivity index (χ2n) is 7.22. The summed E-state index contributed by atoms with van der Waals surface area (Å²) in [7, 11) is -0.0223. The second-order valence-corrected chi connectivity index (χ2v) is 9.50. The fraction of sp³-hybridized carbons (Fsp3) is 0.318. The van der Waals surface area contributed by atoms with Gasteiger partial charge in [-0.3, -0.25) is 9.48 Å². The van der Waals surface area contributed by atoms with Gasteiger partial charge in [0.15, 0.2) is 15.7 Å². The minimum absolute atomic E-state index is 0.00253. The Bertz CT molecular complexity index is 1210. The average molecular weight is 475 g/mol. The van der Waals surface area contributed by atoms with Gasteiger partial charge in [0, 0.05) is 38.6 Å². The topological polar surface area (TPSA) is 122 Å². The number of aryl methyl sites for hydroxylation is 1. The lowest BCUT2D eigenvalue weighted by molar-refractivity contribution is 0.0882. The van der Waals surface area contributed by atoms with E-state index in [4.69, 9.17) is 14.2 Å². The third-order valence-corrected chi connectivity index (χ3v) is 6.25. The van der Waals surface area contributed by atoms with Crippen LogP contribution in [0.4, 0.5) is 5.82 Å². The Balaban J connectivity index is 1.87. The number of nitrogens with zero attached hydrogens (tertiary/aromatic N) is 3. The number of carbonyl (C=O) groups excluding carboxylic acids is 1. The van der Waals surface area contributed by atoms with Gasteiger partial charge in [0.25, 0.3) is 5.91 Å². The maximum atomic E-state index is 12.8. The fourth-order valence-electron chi connectivity index (χ4n) is 2.87. The van der Waals surface area contributed by atoms with E-state index in [9.17, 15) is 13.2 Å². The van der Waals surface area contributed by atoms with E-state index in [0.717, 1.165) is 0 Å². The zero-order valence-electron chi connectivity index (χ0n) is 18.8. The van der Waals surface area contributed by atoms with Crippen LogP contribution in [0.5, 0.6) is 17.5 Å². The van der Waals surface area contributed by atoms with Crippen molar-refractivity contribution in [3.63, 3.8) is 0 Å². The number of carbonyl (C=O) groups is 1. The molecule has 0 aliphatic rings. The lowest BCUT2D eigenvalue weighted by Gasteiger charge is -2.15. The average Bonchev–Trinajstić information content (AvgIpc) is 3.18. The van der Waals surface area contributed by atoms with Crippen LogP contribution < -0.4 is 14.8 Å². The Labute approximate surface area is 192 Å². The summed E-state index contributed by atoms with van der Waals surface area (Å²) in [6, 6.07) is 10.6. The van der Waals surface area contributed by atoms with Crippen LogP contribution in [-0.2, 0) is 21.6 Å². The van der Waals surface area contributed by atoms with Crippen molar-refractivity contribution >= 4 is 21.6 Å². The molecule has 1 atom stereocenters. The molecule has 33 heavy (non-hydrogen) atoms. The van der Waals surface area contributed by atoms with Gasteiger partial charge < -0.3 is 19.5 Å². The number of methoxy groups -OCH3 is 1. The quantitative estimate of drug-likeness (QED) is 0.476. The summed E-state index contributed by atoms with van der Waals surface area (Å²) in [4.78, 5) is 17.3. The molecule has 1 N–H and O–H groups in total. The Morgan fingerprint density at radius 3 is 2.45 bits per heavy atom. The number of hydrogen-bond donors (Lipinski definition) is 1. The summed E-state index contributed by atoms with van der Waals surface area (Å²) in [6.45, 7) is 3.71. The minimum atomic E-state index is -3.32. The molecule has 0 aliphatic carbocycles. The van der Waals surface area contributed by atoms with Gasteiger partial charge in [-0.25, -0.2) is 8.42 Å². The molecule has 1 aromatic carbocycles. The molecule has 11 heteroatoms. The minimum Gasteiger partial charge on any atom is -0.472 e. The van der Waals surface area contributed by atoms with Gasteiger partial charge >= 0.3 is 0 Å². The van der Waals surface area contributed by atoms with Crippen molar-refractivity contribution in [1.82, 2.24) is 14.8 Å². The van der Waals surface area contributed by atoms with E-state index in [1.54, 1.807) is 44.9 Å². The van der Waals surface area contributed by atoms with Crippen LogP contribution in [0.2, 0.25) is 0 Å². The predicted molar refractivity (Wildman–Crippen MR) is 122 cm³/mol. The van der Waals surface area contributed by atoms with Gasteiger partial charge in [-0.15, -0.1) is 0 Å². The molecule has 0 bridgehead atoms. The molecule has 0 radical (unpaired) electrons. The molecular weight excluding hydrogens is 448 g/mol. The highest BCUT2D eigenvalue weighted by molar-refractivity contribution is 7.91. The standard InChI is InChI=1S/C22H26N4O6S/c1-5-33(28,29)18-8-6-17(7-9-18)32-21-13-16(12-20(24-21)31-15(2)14-30-4)22(27)23-19-10-11-26(3)25-19/h6-13,15H,5,14H2,1-4H3,(H,23,25,27)/t15-/m1/s1. The number of hydrogen-bond acceptors (Lipinski definition) is 8. The Hall–Kier alpha value is -3.44. The molecule has 0 saturated carbocycles. The van der Waals surface area contributed by atoms with Crippen LogP contribution >= 0.6 is 0 Å². The molecule has 0 fully saturated rings. The lowest BCUT2D eigenvalue weighted by atomic mass is 10.2. The normalized spacial score (nSPS) is 12.2. The van der Waals surface area contributed by atoms with Crippen LogP contribution in [0.25, 0.3) is 0 Å². The summed E-state index contributed by atoms with van der Waals surface area (Å²) in [5, 5.41) is 6.84. The molecule has 10 nitrogen and oxygen atoms in total. The number of anilines is 1. The van der Waals surface area contributed by atoms with Crippen molar-refractivity contribution in [2.75, 3.05) is 24.8 Å². The monoisotopic (exact) mass is 474 g/mol. The second kappa shape index (κ2) is 10.5. The molecule has 2 aromatic heterocycles. The van der Waals surface area contributed by atoms with Crippen molar-refractivity contribution in [1.29, 1.82) is 0 Å². The van der Waals surface area contributed by atoms with E-state index in [1.807, 2.05) is 0 Å². The summed E-state index contributed by atoms with van der Waals surface area (Å²) in [5.41, 5.74) is 0.246. The zero-order valence-corrected chi connectivity index (χ0v) is 19.6. The molecule has 2 heterocycles. The summed E-state index contributed by atoms with van der Waals surface area (Å²) in [5.74, 6) is 0.612. The molecule has 3 rings (SSSR count). The number of nitrogens with one attached hydrogen (secondary N) is 1. The fourth-order valence-corrected chi connectivity index (χ4v) is 3.76. The molecule has 3 aromatic rings. The number of rotatable bonds is 10. The summed E-state index contributed by atoms with van der Waals surface area (Å²) >= 11 is 0. The summed E-state index contributed by atoms with van der Waals surface area (Å²) in [6.07, 6.45) is 1.39. The van der Waals surface area contributed by atoms with Crippen molar-refractivity contribution in [2.45, 2.75) is 24.8 Å². The van der Waals surface area contributed by atoms with Crippen LogP contribution in [-0.4, -0.2) is 54.7 Å². The number of pyridine rings is 1. The van der Waals surface area contributed by atoms with E-state index in [2.05, 4.69) is 15.4 Å². The first-order valence-corrected chi connectivity index (χ1v) is 11.8. The van der Waals surface area contributed by atoms with Gasteiger partial charge in [0.05, 0.1) is 22.8 Å². The van der Waals surface area contributed by atoms with E-state index in [0.29, 0.717) is 18.2 Å². The van der Waals surface area contributed by atoms with Crippen LogP contribution in [0, 0.1) is 0 Å². The Morgan fingerprint density at radius 2 is 1.85 bits per heavy atom. The molecule has 1 amide bonds. The van der Waals surface area contributed by atoms with Gasteiger partial charge in [-0.2, -0.15) is 10.1 Å². The van der Waals surface area contributed by atoms with Gasteiger partial charge in [-0.05, 0) is 31.2 Å². The van der Waals surface area contributed by atoms with Crippen molar-refractivity contribution in [2.24, 2.45) is 7.05 Å². The number of aromatic nitrogens is 3. The van der Waals surface area contributed by atoms with Gasteiger partial charge in [0.1, 0.15) is 11.9 Å². The summed E-state index contributed by atoms with van der Waals surface area (Å²) < 4.78 is 42.2. The molecule has 0 unspecified atom stereocenters. The highest BCUT2D eigenvalue weighted by Gasteiger charge is 2.16. The predicted octanol–water partition coefficient (Wildman–Crippen LogP) is 3.07. The Morgan fingerprint density at radius 1 is 1.15 bits per heavy atom. The highest BCUT2D eigenvalue weighted by atomic mass is 32.2. The van der Waals surface area contributed by atoms with Crippen LogP contribution in [0.3, 0.4) is 0 Å². The molecule has 176 valence electrons. The smallest absolute Gasteiger partial charge is 0.257 e. The number of ether oxygens (including phenoxy) is 3. The zero-order chi connectivity index (χ0) is 24.0. The third kappa shape index (κ3) is 6.53. The van der Waals surface area contributed by atoms with Crippen molar-refractivity contribution in [3.05, 3.63) is 54.2 Å². The first-order chi connectivity index (χ1) is 15.7. The third-order valence-electron chi connectivity index (χ3n) is 4.50.